The minimum atomic E-state index is -0.496. The number of carbonyl (C=O) groups is 1. The summed E-state index contributed by atoms with van der Waals surface area (Å²) < 4.78 is 0. The molecule has 1 N–H and O–H groups in total. The maximum atomic E-state index is 12.1. The molecule has 0 fully saturated rings. The number of aryl methyl sites for hydroxylation is 1. The predicted octanol–water partition coefficient (Wildman–Crippen LogP) is 3.89. The highest BCUT2D eigenvalue weighted by Crippen LogP contribution is 2.22. The lowest BCUT2D eigenvalue weighted by atomic mass is 10.1. The number of alkyl halides is 1. The minimum Gasteiger partial charge on any atom is -0.321 e. The average molecular weight is 305 g/mol. The Balaban J connectivity index is 2.22. The van der Waals surface area contributed by atoms with Gasteiger partial charge in [0.2, 0.25) is 0 Å². The molecule has 5 nitrogen and oxygen atoms in total. The van der Waals surface area contributed by atoms with Crippen molar-refractivity contribution in [3.63, 3.8) is 0 Å². The molecular weight excluding hydrogens is 292 g/mol. The van der Waals surface area contributed by atoms with Crippen LogP contribution in [0.4, 0.5) is 11.4 Å². The molecule has 2 aromatic rings. The van der Waals surface area contributed by atoms with E-state index >= 15 is 0 Å². The van der Waals surface area contributed by atoms with E-state index in [1.165, 1.54) is 12.1 Å². The van der Waals surface area contributed by atoms with E-state index < -0.39 is 4.92 Å². The molecule has 0 aliphatic rings. The van der Waals surface area contributed by atoms with Crippen LogP contribution in [0.25, 0.3) is 0 Å². The van der Waals surface area contributed by atoms with Crippen molar-refractivity contribution in [2.75, 3.05) is 5.32 Å². The zero-order valence-corrected chi connectivity index (χ0v) is 12.1. The van der Waals surface area contributed by atoms with Gasteiger partial charge in [-0.2, -0.15) is 0 Å². The normalized spacial score (nSPS) is 10.2. The van der Waals surface area contributed by atoms with Gasteiger partial charge in [-0.3, -0.25) is 14.9 Å². The largest absolute Gasteiger partial charge is 0.321 e. The van der Waals surface area contributed by atoms with E-state index in [0.29, 0.717) is 17.1 Å². The zero-order chi connectivity index (χ0) is 15.4. The first-order valence-corrected chi connectivity index (χ1v) is 6.76. The van der Waals surface area contributed by atoms with Crippen LogP contribution in [0.3, 0.4) is 0 Å². The maximum absolute atomic E-state index is 12.1. The van der Waals surface area contributed by atoms with Gasteiger partial charge in [0.1, 0.15) is 0 Å². The number of benzene rings is 2. The summed E-state index contributed by atoms with van der Waals surface area (Å²) >= 11 is 5.69. The van der Waals surface area contributed by atoms with Gasteiger partial charge in [0.15, 0.2) is 0 Å². The molecule has 21 heavy (non-hydrogen) atoms. The highest BCUT2D eigenvalue weighted by Gasteiger charge is 2.12. The van der Waals surface area contributed by atoms with Gasteiger partial charge in [-0.25, -0.2) is 0 Å². The molecule has 0 aliphatic heterocycles. The number of hydrogen-bond acceptors (Lipinski definition) is 3. The van der Waals surface area contributed by atoms with Gasteiger partial charge in [0.25, 0.3) is 11.6 Å². The average Bonchev–Trinajstić information content (AvgIpc) is 2.49. The molecule has 2 rings (SSSR count). The van der Waals surface area contributed by atoms with Crippen LogP contribution in [0.2, 0.25) is 0 Å². The summed E-state index contributed by atoms with van der Waals surface area (Å²) in [5.74, 6) is 0.0611. The molecule has 0 bridgehead atoms. The summed E-state index contributed by atoms with van der Waals surface area (Å²) in [6.45, 7) is 1.77. The summed E-state index contributed by atoms with van der Waals surface area (Å²) in [5.41, 5.74) is 2.50. The van der Waals surface area contributed by atoms with Gasteiger partial charge >= 0.3 is 0 Å². The van der Waals surface area contributed by atoms with E-state index in [1.807, 2.05) is 0 Å². The van der Waals surface area contributed by atoms with Gasteiger partial charge in [-0.15, -0.1) is 11.6 Å². The molecule has 0 saturated heterocycles. The van der Waals surface area contributed by atoms with E-state index in [4.69, 9.17) is 11.6 Å². The third-order valence-corrected chi connectivity index (χ3v) is 3.36. The highest BCUT2D eigenvalue weighted by molar-refractivity contribution is 6.17. The fourth-order valence-corrected chi connectivity index (χ4v) is 1.98. The van der Waals surface area contributed by atoms with Crippen LogP contribution in [0.15, 0.2) is 42.5 Å². The molecular formula is C15H13ClN2O3. The second-order valence-electron chi connectivity index (χ2n) is 4.54. The lowest BCUT2D eigenvalue weighted by Gasteiger charge is -2.08. The van der Waals surface area contributed by atoms with Crippen molar-refractivity contribution in [2.45, 2.75) is 12.8 Å². The van der Waals surface area contributed by atoms with Crippen LogP contribution in [-0.4, -0.2) is 10.8 Å². The lowest BCUT2D eigenvalue weighted by Crippen LogP contribution is -2.13. The fourth-order valence-electron chi connectivity index (χ4n) is 1.80. The number of nitrogens with one attached hydrogen (secondary N) is 1. The van der Waals surface area contributed by atoms with Crippen LogP contribution in [0, 0.1) is 17.0 Å². The summed E-state index contributed by atoms with van der Waals surface area (Å²) in [7, 11) is 0. The first-order valence-electron chi connectivity index (χ1n) is 6.22. The second kappa shape index (κ2) is 6.37. The molecule has 1 amide bonds. The van der Waals surface area contributed by atoms with E-state index in [-0.39, 0.29) is 11.6 Å². The molecule has 0 radical (unpaired) electrons. The summed E-state index contributed by atoms with van der Waals surface area (Å²) in [6, 6.07) is 11.2. The van der Waals surface area contributed by atoms with Gasteiger partial charge in [0.05, 0.1) is 10.6 Å². The van der Waals surface area contributed by atoms with E-state index in [0.717, 1.165) is 11.1 Å². The number of nitrogens with zero attached hydrogens (tertiary/aromatic N) is 1. The van der Waals surface area contributed by atoms with Crippen LogP contribution < -0.4 is 5.32 Å². The molecule has 6 heteroatoms. The zero-order valence-electron chi connectivity index (χ0n) is 11.3. The fraction of sp³-hybridized carbons (Fsp3) is 0.133. The van der Waals surface area contributed by atoms with Crippen molar-refractivity contribution in [1.29, 1.82) is 0 Å². The SMILES string of the molecule is Cc1ccc([N+](=O)[O-])cc1NC(=O)c1ccc(CCl)cc1. The number of amides is 1. The number of hydrogen-bond donors (Lipinski definition) is 1. The summed E-state index contributed by atoms with van der Waals surface area (Å²) in [5, 5.41) is 13.5. The Hall–Kier alpha value is -2.40. The van der Waals surface area contributed by atoms with Gasteiger partial charge in [-0.05, 0) is 30.2 Å². The predicted molar refractivity (Wildman–Crippen MR) is 81.8 cm³/mol. The minimum absolute atomic E-state index is 0.0617. The van der Waals surface area contributed by atoms with Crippen molar-refractivity contribution in [1.82, 2.24) is 0 Å². The first-order chi connectivity index (χ1) is 10.0. The topological polar surface area (TPSA) is 72.2 Å². The van der Waals surface area contributed by atoms with Gasteiger partial charge < -0.3 is 5.32 Å². The monoisotopic (exact) mass is 304 g/mol. The smallest absolute Gasteiger partial charge is 0.271 e. The molecule has 2 aromatic carbocycles. The Morgan fingerprint density at radius 3 is 2.48 bits per heavy atom. The molecule has 0 unspecified atom stereocenters. The number of anilines is 1. The van der Waals surface area contributed by atoms with Gasteiger partial charge in [-0.1, -0.05) is 18.2 Å². The van der Waals surface area contributed by atoms with Crippen LogP contribution in [-0.2, 0) is 5.88 Å². The number of halogens is 1. The first kappa shape index (κ1) is 15.0. The molecule has 108 valence electrons. The maximum Gasteiger partial charge on any atom is 0.271 e. The van der Waals surface area contributed by atoms with Gasteiger partial charge in [0, 0.05) is 23.6 Å². The Morgan fingerprint density at radius 2 is 1.90 bits per heavy atom. The standard InChI is InChI=1S/C15H13ClN2O3/c1-10-2-7-13(18(20)21)8-14(10)17-15(19)12-5-3-11(9-16)4-6-12/h2-8H,9H2,1H3,(H,17,19). The Morgan fingerprint density at radius 1 is 1.24 bits per heavy atom. The number of rotatable bonds is 4. The number of nitro groups is 1. The molecule has 0 aliphatic carbocycles. The van der Waals surface area contributed by atoms with E-state index in [9.17, 15) is 14.9 Å². The van der Waals surface area contributed by atoms with Crippen molar-refractivity contribution in [3.05, 3.63) is 69.3 Å². The van der Waals surface area contributed by atoms with Crippen LogP contribution >= 0.6 is 11.6 Å². The summed E-state index contributed by atoms with van der Waals surface area (Å²) in [6.07, 6.45) is 0. The summed E-state index contributed by atoms with van der Waals surface area (Å²) in [4.78, 5) is 22.4. The van der Waals surface area contributed by atoms with E-state index in [2.05, 4.69) is 5.32 Å². The third-order valence-electron chi connectivity index (χ3n) is 3.05. The molecule has 0 heterocycles. The molecule has 0 atom stereocenters. The number of non-ortho nitro benzene ring substituents is 1. The Bertz CT molecular complexity index is 684. The van der Waals surface area contributed by atoms with Crippen molar-refractivity contribution in [3.8, 4) is 0 Å². The highest BCUT2D eigenvalue weighted by atomic mass is 35.5. The quantitative estimate of drug-likeness (QED) is 0.529. The van der Waals surface area contributed by atoms with Crippen molar-refractivity contribution >= 4 is 28.9 Å². The molecule has 0 aromatic heterocycles. The Labute approximate surface area is 126 Å². The lowest BCUT2D eigenvalue weighted by molar-refractivity contribution is -0.384. The second-order valence-corrected chi connectivity index (χ2v) is 4.81. The third kappa shape index (κ3) is 3.58. The van der Waals surface area contributed by atoms with Crippen molar-refractivity contribution in [2.24, 2.45) is 0 Å². The molecule has 0 spiro atoms. The van der Waals surface area contributed by atoms with Crippen molar-refractivity contribution < 1.29 is 9.72 Å². The Kier molecular flexibility index (Phi) is 4.55. The molecule has 0 saturated carbocycles. The van der Waals surface area contributed by atoms with Crippen LogP contribution in [0.5, 0.6) is 0 Å². The number of carbonyl (C=O) groups excluding carboxylic acids is 1. The van der Waals surface area contributed by atoms with E-state index in [1.54, 1.807) is 37.3 Å². The van der Waals surface area contributed by atoms with Crippen LogP contribution in [0.1, 0.15) is 21.5 Å². The number of nitro benzene ring substituents is 1.